The van der Waals surface area contributed by atoms with Crippen LogP contribution >= 0.6 is 0 Å². The number of esters is 1. The second-order valence-electron chi connectivity index (χ2n) is 5.30. The van der Waals surface area contributed by atoms with E-state index in [1.165, 1.54) is 12.1 Å². The fourth-order valence-electron chi connectivity index (χ4n) is 2.03. The molecule has 0 aliphatic rings. The highest BCUT2D eigenvalue weighted by Crippen LogP contribution is 2.11. The molecule has 0 heterocycles. The van der Waals surface area contributed by atoms with Crippen LogP contribution in [0.4, 0.5) is 0 Å². The summed E-state index contributed by atoms with van der Waals surface area (Å²) in [5, 5.41) is 2.62. The summed E-state index contributed by atoms with van der Waals surface area (Å²) in [5.74, 6) is -1.53. The summed E-state index contributed by atoms with van der Waals surface area (Å²) in [4.78, 5) is 23.4. The fraction of sp³-hybridized carbons (Fsp3) is 0.222. The number of hydrogen-bond donors (Lipinski definition) is 1. The van der Waals surface area contributed by atoms with Gasteiger partial charge >= 0.3 is 5.97 Å². The largest absolute Gasteiger partial charge is 0.456 e. The van der Waals surface area contributed by atoms with E-state index in [-0.39, 0.29) is 17.1 Å². The summed E-state index contributed by atoms with van der Waals surface area (Å²) in [7, 11) is -3.54. The van der Waals surface area contributed by atoms with Crippen molar-refractivity contribution in [2.75, 3.05) is 12.4 Å². The van der Waals surface area contributed by atoms with Gasteiger partial charge in [-0.15, -0.1) is 0 Å². The lowest BCUT2D eigenvalue weighted by Crippen LogP contribution is -2.28. The van der Waals surface area contributed by atoms with Gasteiger partial charge in [-0.2, -0.15) is 0 Å². The summed E-state index contributed by atoms with van der Waals surface area (Å²) < 4.78 is 28.9. The molecule has 6 nitrogen and oxygen atoms in total. The van der Waals surface area contributed by atoms with Gasteiger partial charge in [0.1, 0.15) is 0 Å². The van der Waals surface area contributed by atoms with Gasteiger partial charge in [0.2, 0.25) is 0 Å². The molecule has 1 amide bonds. The SMILES string of the molecule is O=C(COC(=O)CCS(=O)(=O)c1ccccc1)NCc1ccccc1. The number of hydrogen-bond acceptors (Lipinski definition) is 5. The molecule has 0 aromatic heterocycles. The van der Waals surface area contributed by atoms with E-state index in [1.54, 1.807) is 18.2 Å². The molecule has 132 valence electrons. The van der Waals surface area contributed by atoms with Gasteiger partial charge in [0.15, 0.2) is 16.4 Å². The smallest absolute Gasteiger partial charge is 0.307 e. The average Bonchev–Trinajstić information content (AvgIpc) is 2.64. The summed E-state index contributed by atoms with van der Waals surface area (Å²) in [6.07, 6.45) is -0.302. The summed E-state index contributed by atoms with van der Waals surface area (Å²) in [5.41, 5.74) is 0.927. The normalized spacial score (nSPS) is 10.9. The van der Waals surface area contributed by atoms with Crippen molar-refractivity contribution in [1.82, 2.24) is 5.32 Å². The molecule has 0 spiro atoms. The lowest BCUT2D eigenvalue weighted by atomic mass is 10.2. The maximum atomic E-state index is 12.0. The Morgan fingerprint density at radius 2 is 1.52 bits per heavy atom. The number of sulfone groups is 1. The Balaban J connectivity index is 1.71. The minimum absolute atomic E-state index is 0.156. The maximum Gasteiger partial charge on any atom is 0.307 e. The average molecular weight is 361 g/mol. The van der Waals surface area contributed by atoms with E-state index in [1.807, 2.05) is 30.3 Å². The van der Waals surface area contributed by atoms with Crippen LogP contribution in [-0.4, -0.2) is 32.7 Å². The van der Waals surface area contributed by atoms with Crippen LogP contribution in [0.25, 0.3) is 0 Å². The van der Waals surface area contributed by atoms with E-state index in [0.717, 1.165) is 5.56 Å². The van der Waals surface area contributed by atoms with Crippen LogP contribution in [0, 0.1) is 0 Å². The molecule has 2 aromatic carbocycles. The molecule has 0 atom stereocenters. The summed E-state index contributed by atoms with van der Waals surface area (Å²) in [6, 6.07) is 17.2. The first kappa shape index (κ1) is 18.7. The lowest BCUT2D eigenvalue weighted by Gasteiger charge is -2.07. The lowest BCUT2D eigenvalue weighted by molar-refractivity contribution is -0.148. The van der Waals surface area contributed by atoms with E-state index < -0.39 is 28.3 Å². The predicted octanol–water partition coefficient (Wildman–Crippen LogP) is 1.71. The predicted molar refractivity (Wildman–Crippen MR) is 92.4 cm³/mol. The Morgan fingerprint density at radius 1 is 0.920 bits per heavy atom. The van der Waals surface area contributed by atoms with Crippen LogP contribution in [0.15, 0.2) is 65.6 Å². The van der Waals surface area contributed by atoms with Crippen LogP contribution in [0.5, 0.6) is 0 Å². The molecule has 0 saturated heterocycles. The Morgan fingerprint density at radius 3 is 2.16 bits per heavy atom. The molecule has 7 heteroatoms. The van der Waals surface area contributed by atoms with Gasteiger partial charge < -0.3 is 10.1 Å². The Labute approximate surface area is 146 Å². The van der Waals surface area contributed by atoms with Crippen molar-refractivity contribution in [2.45, 2.75) is 17.9 Å². The van der Waals surface area contributed by atoms with Crippen LogP contribution in [-0.2, 0) is 30.7 Å². The Kier molecular flexibility index (Phi) is 6.71. The van der Waals surface area contributed by atoms with Crippen LogP contribution in [0.2, 0.25) is 0 Å². The number of amides is 1. The molecule has 2 aromatic rings. The summed E-state index contributed by atoms with van der Waals surface area (Å²) in [6.45, 7) is -0.101. The second kappa shape index (κ2) is 8.98. The number of carbonyl (C=O) groups is 2. The second-order valence-corrected chi connectivity index (χ2v) is 7.41. The first-order valence-electron chi connectivity index (χ1n) is 7.71. The molecule has 0 bridgehead atoms. The molecule has 0 aliphatic carbocycles. The van der Waals surface area contributed by atoms with Crippen LogP contribution < -0.4 is 5.32 Å². The molecular formula is C18H19NO5S. The molecular weight excluding hydrogens is 342 g/mol. The number of rotatable bonds is 8. The van der Waals surface area contributed by atoms with E-state index in [0.29, 0.717) is 6.54 Å². The molecule has 0 unspecified atom stereocenters. The topological polar surface area (TPSA) is 89.5 Å². The Bertz CT molecular complexity index is 804. The van der Waals surface area contributed by atoms with Gasteiger partial charge in [0.25, 0.3) is 5.91 Å². The third-order valence-corrected chi connectivity index (χ3v) is 5.11. The fourth-order valence-corrected chi connectivity index (χ4v) is 3.27. The van der Waals surface area contributed by atoms with Crippen LogP contribution in [0.1, 0.15) is 12.0 Å². The van der Waals surface area contributed by atoms with Crippen molar-refractivity contribution in [3.05, 3.63) is 66.2 Å². The molecule has 0 aliphatic heterocycles. The highest BCUT2D eigenvalue weighted by Gasteiger charge is 2.17. The standard InChI is InChI=1S/C18H19NO5S/c20-17(19-13-15-7-3-1-4-8-15)14-24-18(21)11-12-25(22,23)16-9-5-2-6-10-16/h1-10H,11-14H2,(H,19,20). The van der Waals surface area contributed by atoms with E-state index in [9.17, 15) is 18.0 Å². The number of ether oxygens (including phenoxy) is 1. The van der Waals surface area contributed by atoms with Crippen molar-refractivity contribution < 1.29 is 22.7 Å². The first-order valence-corrected chi connectivity index (χ1v) is 9.37. The number of carbonyl (C=O) groups excluding carboxylic acids is 2. The van der Waals surface area contributed by atoms with Gasteiger partial charge in [-0.3, -0.25) is 9.59 Å². The van der Waals surface area contributed by atoms with Crippen molar-refractivity contribution >= 4 is 21.7 Å². The van der Waals surface area contributed by atoms with Crippen molar-refractivity contribution in [3.8, 4) is 0 Å². The zero-order valence-corrected chi connectivity index (χ0v) is 14.4. The third-order valence-electron chi connectivity index (χ3n) is 3.37. The minimum atomic E-state index is -3.54. The number of benzene rings is 2. The quantitative estimate of drug-likeness (QED) is 0.723. The van der Waals surface area contributed by atoms with E-state index >= 15 is 0 Å². The summed E-state index contributed by atoms with van der Waals surface area (Å²) >= 11 is 0. The van der Waals surface area contributed by atoms with Gasteiger partial charge in [0, 0.05) is 6.54 Å². The third kappa shape index (κ3) is 6.39. The van der Waals surface area contributed by atoms with Crippen molar-refractivity contribution in [2.24, 2.45) is 0 Å². The highest BCUT2D eigenvalue weighted by atomic mass is 32.2. The van der Waals surface area contributed by atoms with Crippen LogP contribution in [0.3, 0.4) is 0 Å². The zero-order valence-electron chi connectivity index (χ0n) is 13.6. The van der Waals surface area contributed by atoms with Gasteiger partial charge in [-0.25, -0.2) is 8.42 Å². The zero-order chi connectivity index (χ0) is 18.1. The van der Waals surface area contributed by atoms with E-state index in [4.69, 9.17) is 4.74 Å². The molecule has 2 rings (SSSR count). The highest BCUT2D eigenvalue weighted by molar-refractivity contribution is 7.91. The monoisotopic (exact) mass is 361 g/mol. The van der Waals surface area contributed by atoms with Crippen molar-refractivity contribution in [3.63, 3.8) is 0 Å². The maximum absolute atomic E-state index is 12.0. The molecule has 1 N–H and O–H groups in total. The molecule has 0 radical (unpaired) electrons. The Hall–Kier alpha value is -2.67. The molecule has 0 saturated carbocycles. The van der Waals surface area contributed by atoms with Gasteiger partial charge in [-0.05, 0) is 17.7 Å². The van der Waals surface area contributed by atoms with Gasteiger partial charge in [-0.1, -0.05) is 48.5 Å². The minimum Gasteiger partial charge on any atom is -0.456 e. The first-order chi connectivity index (χ1) is 12.0. The number of nitrogens with one attached hydrogen (secondary N) is 1. The van der Waals surface area contributed by atoms with Gasteiger partial charge in [0.05, 0.1) is 17.1 Å². The van der Waals surface area contributed by atoms with Crippen molar-refractivity contribution in [1.29, 1.82) is 0 Å². The molecule has 0 fully saturated rings. The van der Waals surface area contributed by atoms with E-state index in [2.05, 4.69) is 5.32 Å². The molecule has 25 heavy (non-hydrogen) atoms.